The maximum absolute atomic E-state index is 10.5. The summed E-state index contributed by atoms with van der Waals surface area (Å²) >= 11 is 6.06. The fourth-order valence-corrected chi connectivity index (χ4v) is 1.74. The van der Waals surface area contributed by atoms with Crippen LogP contribution in [0.1, 0.15) is 23.7 Å². The van der Waals surface area contributed by atoms with Crippen molar-refractivity contribution in [2.45, 2.75) is 19.4 Å². The first kappa shape index (κ1) is 13.0. The Balaban J connectivity index is 2.75. The Bertz CT molecular complexity index is 366. The topological polar surface area (TPSA) is 40.5 Å². The minimum atomic E-state index is -0.324. The molecular weight excluding hydrogens is 226 g/mol. The number of halogens is 1. The molecule has 16 heavy (non-hydrogen) atoms. The summed E-state index contributed by atoms with van der Waals surface area (Å²) in [6.07, 6.45) is 1.13. The van der Waals surface area contributed by atoms with Gasteiger partial charge in [-0.2, -0.15) is 0 Å². The van der Waals surface area contributed by atoms with Crippen molar-refractivity contribution in [1.29, 1.82) is 0 Å². The van der Waals surface area contributed by atoms with Crippen LogP contribution in [0.4, 0.5) is 5.69 Å². The molecule has 1 atom stereocenters. The first-order valence-corrected chi connectivity index (χ1v) is 5.56. The number of benzene rings is 1. The SMILES string of the molecule is CC(O)CCN(C)c1ccc(C=O)cc1Cl. The van der Waals surface area contributed by atoms with Gasteiger partial charge in [-0.05, 0) is 31.5 Å². The monoisotopic (exact) mass is 241 g/mol. The van der Waals surface area contributed by atoms with Gasteiger partial charge in [0, 0.05) is 19.2 Å². The zero-order chi connectivity index (χ0) is 12.1. The van der Waals surface area contributed by atoms with Gasteiger partial charge >= 0.3 is 0 Å². The number of hydrogen-bond acceptors (Lipinski definition) is 3. The van der Waals surface area contributed by atoms with Crippen LogP contribution in [0.15, 0.2) is 18.2 Å². The van der Waals surface area contributed by atoms with Crippen molar-refractivity contribution in [2.75, 3.05) is 18.5 Å². The number of nitrogens with zero attached hydrogens (tertiary/aromatic N) is 1. The molecule has 1 aromatic rings. The Morgan fingerprint density at radius 1 is 1.56 bits per heavy atom. The van der Waals surface area contributed by atoms with Gasteiger partial charge in [-0.15, -0.1) is 0 Å². The molecule has 0 aliphatic rings. The lowest BCUT2D eigenvalue weighted by Crippen LogP contribution is -2.22. The quantitative estimate of drug-likeness (QED) is 0.805. The zero-order valence-corrected chi connectivity index (χ0v) is 10.2. The van der Waals surface area contributed by atoms with Crippen LogP contribution in [-0.2, 0) is 0 Å². The van der Waals surface area contributed by atoms with Gasteiger partial charge in [0.2, 0.25) is 0 Å². The van der Waals surface area contributed by atoms with E-state index in [-0.39, 0.29) is 6.10 Å². The smallest absolute Gasteiger partial charge is 0.150 e. The van der Waals surface area contributed by atoms with Crippen molar-refractivity contribution < 1.29 is 9.90 Å². The number of rotatable bonds is 5. The largest absolute Gasteiger partial charge is 0.393 e. The van der Waals surface area contributed by atoms with E-state index in [0.717, 1.165) is 18.5 Å². The van der Waals surface area contributed by atoms with Crippen LogP contribution in [0.3, 0.4) is 0 Å². The molecule has 0 saturated carbocycles. The summed E-state index contributed by atoms with van der Waals surface area (Å²) in [4.78, 5) is 12.5. The molecule has 0 heterocycles. The number of aldehydes is 1. The molecule has 1 N–H and O–H groups in total. The molecule has 1 aromatic carbocycles. The third-order valence-corrected chi connectivity index (χ3v) is 2.70. The van der Waals surface area contributed by atoms with E-state index in [2.05, 4.69) is 0 Å². The number of aliphatic hydroxyl groups is 1. The second kappa shape index (κ2) is 5.87. The van der Waals surface area contributed by atoms with Crippen LogP contribution in [0.2, 0.25) is 5.02 Å². The van der Waals surface area contributed by atoms with Gasteiger partial charge in [0.05, 0.1) is 16.8 Å². The molecule has 0 saturated heterocycles. The van der Waals surface area contributed by atoms with E-state index >= 15 is 0 Å². The molecule has 0 aliphatic heterocycles. The number of carbonyl (C=O) groups is 1. The summed E-state index contributed by atoms with van der Waals surface area (Å²) in [6.45, 7) is 2.47. The first-order valence-electron chi connectivity index (χ1n) is 5.18. The van der Waals surface area contributed by atoms with Crippen LogP contribution in [-0.4, -0.2) is 31.1 Å². The Hall–Kier alpha value is -1.06. The fourth-order valence-electron chi connectivity index (χ4n) is 1.41. The third-order valence-electron chi connectivity index (χ3n) is 2.40. The van der Waals surface area contributed by atoms with Gasteiger partial charge in [0.1, 0.15) is 6.29 Å². The molecule has 0 spiro atoms. The molecule has 0 aliphatic carbocycles. The average molecular weight is 242 g/mol. The molecule has 1 unspecified atom stereocenters. The van der Waals surface area contributed by atoms with Gasteiger partial charge in [-0.1, -0.05) is 11.6 Å². The van der Waals surface area contributed by atoms with Gasteiger partial charge in [-0.3, -0.25) is 4.79 Å². The summed E-state index contributed by atoms with van der Waals surface area (Å²) in [5, 5.41) is 9.75. The predicted molar refractivity (Wildman–Crippen MR) is 66.4 cm³/mol. The van der Waals surface area contributed by atoms with Gasteiger partial charge in [0.15, 0.2) is 0 Å². The normalized spacial score (nSPS) is 12.2. The maximum atomic E-state index is 10.5. The molecule has 0 aromatic heterocycles. The van der Waals surface area contributed by atoms with E-state index in [1.807, 2.05) is 18.0 Å². The average Bonchev–Trinajstić information content (AvgIpc) is 2.25. The van der Waals surface area contributed by atoms with E-state index in [9.17, 15) is 9.90 Å². The lowest BCUT2D eigenvalue weighted by atomic mass is 10.2. The maximum Gasteiger partial charge on any atom is 0.150 e. The van der Waals surface area contributed by atoms with E-state index in [4.69, 9.17) is 11.6 Å². The molecule has 4 heteroatoms. The summed E-state index contributed by atoms with van der Waals surface area (Å²) < 4.78 is 0. The lowest BCUT2D eigenvalue weighted by molar-refractivity contribution is 0.112. The van der Waals surface area contributed by atoms with Crippen molar-refractivity contribution in [2.24, 2.45) is 0 Å². The molecular formula is C12H16ClNO2. The van der Waals surface area contributed by atoms with Crippen molar-refractivity contribution in [3.05, 3.63) is 28.8 Å². The standard InChI is InChI=1S/C12H16ClNO2/c1-9(16)5-6-14(2)12-4-3-10(8-15)7-11(12)13/h3-4,7-9,16H,5-6H2,1-2H3. The van der Waals surface area contributed by atoms with E-state index in [0.29, 0.717) is 17.0 Å². The highest BCUT2D eigenvalue weighted by Crippen LogP contribution is 2.25. The number of anilines is 1. The zero-order valence-electron chi connectivity index (χ0n) is 9.48. The minimum Gasteiger partial charge on any atom is -0.393 e. The van der Waals surface area contributed by atoms with Crippen molar-refractivity contribution >= 4 is 23.6 Å². The minimum absolute atomic E-state index is 0.324. The first-order chi connectivity index (χ1) is 7.54. The van der Waals surface area contributed by atoms with Crippen LogP contribution in [0, 0.1) is 0 Å². The van der Waals surface area contributed by atoms with Crippen molar-refractivity contribution in [3.63, 3.8) is 0 Å². The van der Waals surface area contributed by atoms with Crippen LogP contribution >= 0.6 is 11.6 Å². The van der Waals surface area contributed by atoms with Crippen molar-refractivity contribution in [1.82, 2.24) is 0 Å². The highest BCUT2D eigenvalue weighted by molar-refractivity contribution is 6.33. The Morgan fingerprint density at radius 2 is 2.25 bits per heavy atom. The van der Waals surface area contributed by atoms with Gasteiger partial charge in [-0.25, -0.2) is 0 Å². The fraction of sp³-hybridized carbons (Fsp3) is 0.417. The van der Waals surface area contributed by atoms with E-state index in [1.54, 1.807) is 19.1 Å². The van der Waals surface area contributed by atoms with E-state index in [1.165, 1.54) is 0 Å². The molecule has 0 amide bonds. The lowest BCUT2D eigenvalue weighted by Gasteiger charge is -2.21. The van der Waals surface area contributed by atoms with Crippen LogP contribution in [0.25, 0.3) is 0 Å². The summed E-state index contributed by atoms with van der Waals surface area (Å²) in [5.41, 5.74) is 1.44. The van der Waals surface area contributed by atoms with E-state index < -0.39 is 0 Å². The Kier molecular flexibility index (Phi) is 4.77. The van der Waals surface area contributed by atoms with Gasteiger partial charge < -0.3 is 10.0 Å². The Morgan fingerprint density at radius 3 is 2.75 bits per heavy atom. The number of hydrogen-bond donors (Lipinski definition) is 1. The molecule has 0 bridgehead atoms. The summed E-state index contributed by atoms with van der Waals surface area (Å²) in [7, 11) is 1.91. The molecule has 0 radical (unpaired) electrons. The van der Waals surface area contributed by atoms with Crippen LogP contribution < -0.4 is 4.90 Å². The van der Waals surface area contributed by atoms with Crippen LogP contribution in [0.5, 0.6) is 0 Å². The molecule has 88 valence electrons. The second-order valence-electron chi connectivity index (χ2n) is 3.89. The summed E-state index contributed by atoms with van der Waals surface area (Å²) in [6, 6.07) is 5.18. The molecule has 3 nitrogen and oxygen atoms in total. The number of carbonyl (C=O) groups excluding carboxylic acids is 1. The summed E-state index contributed by atoms with van der Waals surface area (Å²) in [5.74, 6) is 0. The van der Waals surface area contributed by atoms with Gasteiger partial charge in [0.25, 0.3) is 0 Å². The molecule has 0 fully saturated rings. The van der Waals surface area contributed by atoms with Crippen molar-refractivity contribution in [3.8, 4) is 0 Å². The Labute approximate surface area is 101 Å². The predicted octanol–water partition coefficient (Wildman–Crippen LogP) is 2.36. The molecule has 1 rings (SSSR count). The highest BCUT2D eigenvalue weighted by atomic mass is 35.5. The number of aliphatic hydroxyl groups excluding tert-OH is 1. The second-order valence-corrected chi connectivity index (χ2v) is 4.30. The third kappa shape index (κ3) is 3.51. The highest BCUT2D eigenvalue weighted by Gasteiger charge is 2.07.